The van der Waals surface area contributed by atoms with Crippen LogP contribution < -0.4 is 0 Å². The maximum Gasteiger partial charge on any atom is 0.171 e. The topological polar surface area (TPSA) is 17.1 Å². The Kier molecular flexibility index (Phi) is 5.15. The van der Waals surface area contributed by atoms with Crippen molar-refractivity contribution in [3.8, 4) is 0 Å². The second kappa shape index (κ2) is 6.46. The van der Waals surface area contributed by atoms with E-state index in [1.807, 2.05) is 12.1 Å². The fourth-order valence-corrected chi connectivity index (χ4v) is 3.02. The highest BCUT2D eigenvalue weighted by molar-refractivity contribution is 9.24. The molecule has 1 aromatic carbocycles. The summed E-state index contributed by atoms with van der Waals surface area (Å²) < 4.78 is 13.7. The van der Waals surface area contributed by atoms with Crippen LogP contribution in [0.15, 0.2) is 46.7 Å². The van der Waals surface area contributed by atoms with Gasteiger partial charge in [0.2, 0.25) is 0 Å². The molecule has 19 heavy (non-hydrogen) atoms. The molecule has 1 aromatic rings. The molecule has 1 aliphatic carbocycles. The molecule has 1 atom stereocenters. The summed E-state index contributed by atoms with van der Waals surface area (Å²) in [5.74, 6) is -0.565. The molecule has 1 aliphatic rings. The lowest BCUT2D eigenvalue weighted by Crippen LogP contribution is -2.14. The second-order valence-corrected chi connectivity index (χ2v) is 8.11. The van der Waals surface area contributed by atoms with E-state index >= 15 is 0 Å². The fourth-order valence-electron chi connectivity index (χ4n) is 1.86. The molecular weight excluding hydrogens is 443 g/mol. The van der Waals surface area contributed by atoms with E-state index in [1.54, 1.807) is 12.1 Å². The molecule has 0 amide bonds. The van der Waals surface area contributed by atoms with Crippen LogP contribution in [0.5, 0.6) is 0 Å². The quantitative estimate of drug-likeness (QED) is 0.415. The van der Waals surface area contributed by atoms with Gasteiger partial charge in [0, 0.05) is 16.0 Å². The van der Waals surface area contributed by atoms with Crippen LogP contribution in [0.3, 0.4) is 0 Å². The first kappa shape index (κ1) is 15.1. The second-order valence-electron chi connectivity index (χ2n) is 4.19. The minimum Gasteiger partial charge on any atom is -0.293 e. The third-order valence-corrected chi connectivity index (χ3v) is 4.62. The Morgan fingerprint density at radius 2 is 2.11 bits per heavy atom. The summed E-state index contributed by atoms with van der Waals surface area (Å²) in [7, 11) is 0. The molecule has 1 unspecified atom stereocenters. The standard InChI is InChI=1S/C14H10Br3FO/c15-12-7-9(14(16)17)3-6-11(12)13(19)8-1-4-10(18)5-2-8/h1,3-8,14H,2H2. The summed E-state index contributed by atoms with van der Waals surface area (Å²) in [6, 6.07) is 5.57. The summed E-state index contributed by atoms with van der Waals surface area (Å²) in [5.41, 5.74) is 1.64. The minimum atomic E-state index is -0.287. The van der Waals surface area contributed by atoms with E-state index in [0.717, 1.165) is 10.0 Å². The molecule has 0 spiro atoms. The van der Waals surface area contributed by atoms with E-state index in [1.165, 1.54) is 12.2 Å². The van der Waals surface area contributed by atoms with Crippen molar-refractivity contribution in [2.45, 2.75) is 10.2 Å². The van der Waals surface area contributed by atoms with Crippen LogP contribution in [0.1, 0.15) is 26.1 Å². The van der Waals surface area contributed by atoms with Crippen molar-refractivity contribution in [2.24, 2.45) is 5.92 Å². The van der Waals surface area contributed by atoms with E-state index in [9.17, 15) is 9.18 Å². The first-order valence-electron chi connectivity index (χ1n) is 5.64. The highest BCUT2D eigenvalue weighted by Crippen LogP contribution is 2.33. The highest BCUT2D eigenvalue weighted by atomic mass is 79.9. The summed E-state index contributed by atoms with van der Waals surface area (Å²) >= 11 is 10.2. The van der Waals surface area contributed by atoms with Crippen LogP contribution in [-0.2, 0) is 0 Å². The molecule has 5 heteroatoms. The normalized spacial score (nSPS) is 18.6. The third kappa shape index (κ3) is 3.64. The lowest BCUT2D eigenvalue weighted by atomic mass is 9.91. The van der Waals surface area contributed by atoms with Crippen molar-refractivity contribution < 1.29 is 9.18 Å². The SMILES string of the molecule is O=C(c1ccc(C(Br)Br)cc1Br)C1C=CC(F)=CC1. The number of allylic oxidation sites excluding steroid dienone is 4. The van der Waals surface area contributed by atoms with Crippen molar-refractivity contribution in [3.05, 3.63) is 57.9 Å². The number of Topliss-reactive ketones (excluding diaryl/α,β-unsaturated/α-hetero) is 1. The minimum absolute atomic E-state index is 0.000815. The van der Waals surface area contributed by atoms with Gasteiger partial charge < -0.3 is 0 Å². The molecule has 0 saturated heterocycles. The molecule has 0 aromatic heterocycles. The molecule has 0 bridgehead atoms. The monoisotopic (exact) mass is 450 g/mol. The molecule has 100 valence electrons. The highest BCUT2D eigenvalue weighted by Gasteiger charge is 2.21. The number of carbonyl (C=O) groups is 1. The Bertz CT molecular complexity index is 564. The van der Waals surface area contributed by atoms with Crippen molar-refractivity contribution >= 4 is 53.6 Å². The van der Waals surface area contributed by atoms with Crippen LogP contribution in [0.4, 0.5) is 4.39 Å². The van der Waals surface area contributed by atoms with Crippen LogP contribution in [0.25, 0.3) is 0 Å². The van der Waals surface area contributed by atoms with Gasteiger partial charge in [-0.25, -0.2) is 4.39 Å². The Morgan fingerprint density at radius 3 is 2.63 bits per heavy atom. The van der Waals surface area contributed by atoms with Crippen molar-refractivity contribution in [2.75, 3.05) is 0 Å². The predicted molar refractivity (Wildman–Crippen MR) is 85.5 cm³/mol. The molecular formula is C14H10Br3FO. The number of benzene rings is 1. The first-order valence-corrected chi connectivity index (χ1v) is 8.27. The van der Waals surface area contributed by atoms with Crippen molar-refractivity contribution in [1.82, 2.24) is 0 Å². The van der Waals surface area contributed by atoms with Crippen LogP contribution in [0.2, 0.25) is 0 Å². The zero-order valence-corrected chi connectivity index (χ0v) is 14.5. The molecule has 1 nitrogen and oxygen atoms in total. The smallest absolute Gasteiger partial charge is 0.171 e. The lowest BCUT2D eigenvalue weighted by molar-refractivity contribution is 0.0944. The van der Waals surface area contributed by atoms with E-state index in [4.69, 9.17) is 0 Å². The van der Waals surface area contributed by atoms with Crippen molar-refractivity contribution in [1.29, 1.82) is 0 Å². The Morgan fingerprint density at radius 1 is 1.37 bits per heavy atom. The van der Waals surface area contributed by atoms with Gasteiger partial charge in [-0.15, -0.1) is 0 Å². The molecule has 0 radical (unpaired) electrons. The zero-order chi connectivity index (χ0) is 14.0. The lowest BCUT2D eigenvalue weighted by Gasteiger charge is -2.14. The Hall–Kier alpha value is -0.260. The number of hydrogen-bond donors (Lipinski definition) is 0. The zero-order valence-electron chi connectivity index (χ0n) is 9.75. The number of alkyl halides is 2. The van der Waals surface area contributed by atoms with Gasteiger partial charge >= 0.3 is 0 Å². The summed E-state index contributed by atoms with van der Waals surface area (Å²) in [4.78, 5) is 12.4. The number of halogens is 4. The van der Waals surface area contributed by atoms with E-state index in [-0.39, 0.29) is 21.3 Å². The van der Waals surface area contributed by atoms with Gasteiger partial charge in [0.25, 0.3) is 0 Å². The molecule has 0 saturated carbocycles. The average molecular weight is 453 g/mol. The third-order valence-electron chi connectivity index (χ3n) is 2.90. The molecule has 0 fully saturated rings. The Balaban J connectivity index is 2.23. The largest absolute Gasteiger partial charge is 0.293 e. The average Bonchev–Trinajstić information content (AvgIpc) is 2.38. The van der Waals surface area contributed by atoms with Gasteiger partial charge in [-0.3, -0.25) is 4.79 Å². The Labute approximate surface area is 136 Å². The van der Waals surface area contributed by atoms with Gasteiger partial charge in [-0.1, -0.05) is 59.9 Å². The molecule has 0 aliphatic heterocycles. The van der Waals surface area contributed by atoms with E-state index in [0.29, 0.717) is 12.0 Å². The van der Waals surface area contributed by atoms with Gasteiger partial charge in [0.15, 0.2) is 5.78 Å². The first-order chi connectivity index (χ1) is 8.99. The summed E-state index contributed by atoms with van der Waals surface area (Å²) in [5, 5.41) is 0. The molecule has 0 N–H and O–H groups in total. The van der Waals surface area contributed by atoms with E-state index < -0.39 is 0 Å². The predicted octanol–water partition coefficient (Wildman–Crippen LogP) is 5.85. The van der Waals surface area contributed by atoms with Gasteiger partial charge in [-0.2, -0.15) is 0 Å². The van der Waals surface area contributed by atoms with Gasteiger partial charge in [-0.05, 0) is 36.3 Å². The molecule has 0 heterocycles. The summed E-state index contributed by atoms with van der Waals surface area (Å²) in [6.45, 7) is 0. The van der Waals surface area contributed by atoms with Crippen LogP contribution in [-0.4, -0.2) is 5.78 Å². The number of ketones is 1. The number of carbonyl (C=O) groups excluding carboxylic acids is 1. The van der Waals surface area contributed by atoms with Gasteiger partial charge in [0.05, 0.1) is 3.74 Å². The van der Waals surface area contributed by atoms with Crippen LogP contribution >= 0.6 is 47.8 Å². The molecule has 2 rings (SSSR count). The van der Waals surface area contributed by atoms with Crippen LogP contribution in [0, 0.1) is 5.92 Å². The number of rotatable bonds is 3. The van der Waals surface area contributed by atoms with E-state index in [2.05, 4.69) is 47.8 Å². The number of hydrogen-bond acceptors (Lipinski definition) is 1. The fraction of sp³-hybridized carbons (Fsp3) is 0.214. The maximum atomic E-state index is 12.9. The summed E-state index contributed by atoms with van der Waals surface area (Å²) in [6.07, 6.45) is 4.82. The maximum absolute atomic E-state index is 12.9. The van der Waals surface area contributed by atoms with Gasteiger partial charge in [0.1, 0.15) is 5.83 Å². The van der Waals surface area contributed by atoms with Crippen molar-refractivity contribution in [3.63, 3.8) is 0 Å².